The molecule has 0 aromatic heterocycles. The maximum Gasteiger partial charge on any atom is 0.120 e. The summed E-state index contributed by atoms with van der Waals surface area (Å²) in [4.78, 5) is 0. The van der Waals surface area contributed by atoms with E-state index >= 15 is 0 Å². The van der Waals surface area contributed by atoms with Crippen molar-refractivity contribution >= 4 is 56.7 Å². The molecule has 0 fully saturated rings. The lowest BCUT2D eigenvalue weighted by Gasteiger charge is -2.11. The van der Waals surface area contributed by atoms with Gasteiger partial charge in [-0.2, -0.15) is 15.3 Å². The van der Waals surface area contributed by atoms with E-state index in [-0.39, 0.29) is 0 Å². The molecule has 4 aromatic rings. The predicted octanol–water partition coefficient (Wildman–Crippen LogP) is 13.2. The zero-order chi connectivity index (χ0) is 33.1. The number of aryl methyl sites for hydroxylation is 1. The second-order valence-corrected chi connectivity index (χ2v) is 12.6. The highest BCUT2D eigenvalue weighted by Crippen LogP contribution is 2.29. The number of nitrogens with one attached hydrogen (secondary N) is 2. The monoisotopic (exact) mass is 746 g/mol. The normalized spacial score (nSPS) is 11.3. The molecule has 0 amide bonds. The zero-order valence-corrected chi connectivity index (χ0v) is 30.0. The molecule has 2 N–H and O–H groups in total. The summed E-state index contributed by atoms with van der Waals surface area (Å²) in [5.74, 6) is 1.74. The number of rotatable bonds is 20. The number of benzene rings is 4. The van der Waals surface area contributed by atoms with Gasteiger partial charge in [-0.05, 0) is 133 Å². The van der Waals surface area contributed by atoms with Gasteiger partial charge in [-0.15, -0.1) is 5.11 Å². The second kappa shape index (κ2) is 20.3. The fourth-order valence-corrected chi connectivity index (χ4v) is 5.30. The van der Waals surface area contributed by atoms with E-state index in [1.807, 2.05) is 91.9 Å². The summed E-state index contributed by atoms with van der Waals surface area (Å²) in [5, 5.41) is 17.7. The van der Waals surface area contributed by atoms with Gasteiger partial charge in [-0.3, -0.25) is 0 Å². The maximum absolute atomic E-state index is 5.91. The van der Waals surface area contributed by atoms with Crippen LogP contribution < -0.4 is 20.3 Å². The average molecular weight is 747 g/mol. The lowest BCUT2D eigenvalue weighted by molar-refractivity contribution is 0.304. The first kappa shape index (κ1) is 35.9. The van der Waals surface area contributed by atoms with Crippen molar-refractivity contribution in [2.24, 2.45) is 20.5 Å². The first-order valence-corrected chi connectivity index (χ1v) is 17.8. The Morgan fingerprint density at radius 3 is 1.68 bits per heavy atom. The van der Waals surface area contributed by atoms with Crippen LogP contribution in [0.3, 0.4) is 0 Å². The molecule has 0 aliphatic rings. The molecule has 248 valence electrons. The number of ether oxygens (including phenoxy) is 2. The molecule has 0 saturated carbocycles. The fourth-order valence-electron chi connectivity index (χ4n) is 4.71. The highest BCUT2D eigenvalue weighted by molar-refractivity contribution is 14.1. The Balaban J connectivity index is 1.21. The minimum Gasteiger partial charge on any atom is -0.494 e. The van der Waals surface area contributed by atoms with Crippen molar-refractivity contribution in [1.82, 2.24) is 0 Å². The average Bonchev–Trinajstić information content (AvgIpc) is 3.09. The Labute approximate surface area is 293 Å². The van der Waals surface area contributed by atoms with Gasteiger partial charge in [-0.25, -0.2) is 0 Å². The maximum atomic E-state index is 5.91. The van der Waals surface area contributed by atoms with Crippen molar-refractivity contribution in [2.45, 2.75) is 78.6 Å². The summed E-state index contributed by atoms with van der Waals surface area (Å²) in [7, 11) is 0. The van der Waals surface area contributed by atoms with Crippen LogP contribution in [0.15, 0.2) is 105 Å². The quantitative estimate of drug-likeness (QED) is 0.0408. The third kappa shape index (κ3) is 13.0. The summed E-state index contributed by atoms with van der Waals surface area (Å²) in [6.45, 7) is 7.96. The number of hydrogen-bond acceptors (Lipinski definition) is 8. The molecule has 47 heavy (non-hydrogen) atoms. The summed E-state index contributed by atoms with van der Waals surface area (Å²) in [6.07, 6.45) is 10.9. The van der Waals surface area contributed by atoms with Crippen molar-refractivity contribution in [3.05, 3.63) is 94.1 Å². The van der Waals surface area contributed by atoms with Crippen LogP contribution in [0.4, 0.5) is 34.1 Å². The van der Waals surface area contributed by atoms with Crippen molar-refractivity contribution in [2.75, 3.05) is 24.1 Å². The Morgan fingerprint density at radius 1 is 0.532 bits per heavy atom. The van der Waals surface area contributed by atoms with E-state index < -0.39 is 0 Å². The standard InChI is InChI=1S/C38H47IN6O2/c1-4-6-8-10-12-26-47-35-22-24-38(36(39)28-35)45-42-31-15-13-30(14-16-31)40-43-33-19-23-37(29(3)27-33)44-41-32-17-20-34(21-18-32)46-25-11-9-7-5-2/h13-24,27-28,40,43H,4-12,25-26H2,1-3H3. The number of unbranched alkanes of at least 4 members (excludes halogenated alkanes) is 7. The number of nitrogens with zero attached hydrogens (tertiary/aromatic N) is 4. The second-order valence-electron chi connectivity index (χ2n) is 11.5. The van der Waals surface area contributed by atoms with Crippen LogP contribution in [0.2, 0.25) is 0 Å². The molecule has 0 saturated heterocycles. The molecule has 4 aromatic carbocycles. The number of anilines is 2. The Kier molecular flexibility index (Phi) is 15.5. The molecule has 0 atom stereocenters. The van der Waals surface area contributed by atoms with Crippen molar-refractivity contribution < 1.29 is 9.47 Å². The van der Waals surface area contributed by atoms with E-state index in [4.69, 9.17) is 9.47 Å². The highest BCUT2D eigenvalue weighted by atomic mass is 127. The van der Waals surface area contributed by atoms with Crippen LogP contribution in [0, 0.1) is 10.5 Å². The van der Waals surface area contributed by atoms with Crippen molar-refractivity contribution in [3.8, 4) is 11.5 Å². The van der Waals surface area contributed by atoms with Crippen LogP contribution in [0.5, 0.6) is 11.5 Å². The van der Waals surface area contributed by atoms with E-state index in [1.54, 1.807) is 0 Å². The molecule has 0 unspecified atom stereocenters. The predicted molar refractivity (Wildman–Crippen MR) is 203 cm³/mol. The largest absolute Gasteiger partial charge is 0.494 e. The minimum absolute atomic E-state index is 0.748. The lowest BCUT2D eigenvalue weighted by atomic mass is 10.2. The molecule has 0 heterocycles. The lowest BCUT2D eigenvalue weighted by Crippen LogP contribution is -2.08. The van der Waals surface area contributed by atoms with Crippen LogP contribution in [0.25, 0.3) is 0 Å². The zero-order valence-electron chi connectivity index (χ0n) is 27.8. The van der Waals surface area contributed by atoms with Crippen LogP contribution in [0.1, 0.15) is 77.2 Å². The van der Waals surface area contributed by atoms with Gasteiger partial charge in [0.2, 0.25) is 0 Å². The summed E-state index contributed by atoms with van der Waals surface area (Å²) >= 11 is 2.28. The Hall–Kier alpha value is -3.99. The highest BCUT2D eigenvalue weighted by Gasteiger charge is 2.04. The first-order chi connectivity index (χ1) is 23.0. The van der Waals surface area contributed by atoms with Crippen molar-refractivity contribution in [1.29, 1.82) is 0 Å². The molecule has 8 nitrogen and oxygen atoms in total. The van der Waals surface area contributed by atoms with Crippen LogP contribution >= 0.6 is 22.6 Å². The van der Waals surface area contributed by atoms with Gasteiger partial charge in [0.15, 0.2) is 0 Å². The SMILES string of the molecule is CCCCCCCOc1ccc(N=Nc2ccc(NNc3ccc(N=Nc4ccc(OCCCCCC)cc4)c(C)c3)cc2)c(I)c1. The molecule has 0 spiro atoms. The van der Waals surface area contributed by atoms with Gasteiger partial charge in [0, 0.05) is 3.57 Å². The Bertz CT molecular complexity index is 1560. The van der Waals surface area contributed by atoms with Gasteiger partial charge in [0.05, 0.1) is 47.3 Å². The van der Waals surface area contributed by atoms with E-state index in [1.165, 1.54) is 44.9 Å². The van der Waals surface area contributed by atoms with E-state index in [9.17, 15) is 0 Å². The van der Waals surface area contributed by atoms with Gasteiger partial charge < -0.3 is 20.3 Å². The number of halogens is 1. The van der Waals surface area contributed by atoms with Gasteiger partial charge >= 0.3 is 0 Å². The summed E-state index contributed by atoms with van der Waals surface area (Å²) < 4.78 is 12.7. The summed E-state index contributed by atoms with van der Waals surface area (Å²) in [6, 6.07) is 27.4. The third-order valence-electron chi connectivity index (χ3n) is 7.50. The van der Waals surface area contributed by atoms with Crippen LogP contribution in [-0.4, -0.2) is 13.2 Å². The number of hydrogen-bond donors (Lipinski definition) is 2. The third-order valence-corrected chi connectivity index (χ3v) is 8.36. The summed E-state index contributed by atoms with van der Waals surface area (Å²) in [5.41, 5.74) is 12.5. The molecule has 4 rings (SSSR count). The molecular weight excluding hydrogens is 699 g/mol. The molecular formula is C38H47IN6O2. The Morgan fingerprint density at radius 2 is 1.04 bits per heavy atom. The van der Waals surface area contributed by atoms with Gasteiger partial charge in [-0.1, -0.05) is 58.8 Å². The van der Waals surface area contributed by atoms with E-state index in [0.29, 0.717) is 0 Å². The molecule has 9 heteroatoms. The van der Waals surface area contributed by atoms with Crippen LogP contribution in [-0.2, 0) is 0 Å². The number of azo groups is 2. The molecule has 0 aliphatic carbocycles. The topological polar surface area (TPSA) is 92.0 Å². The van der Waals surface area contributed by atoms with E-state index in [0.717, 1.165) is 80.8 Å². The van der Waals surface area contributed by atoms with Gasteiger partial charge in [0.1, 0.15) is 11.5 Å². The van der Waals surface area contributed by atoms with Gasteiger partial charge in [0.25, 0.3) is 0 Å². The molecule has 0 radical (unpaired) electrons. The molecule has 0 bridgehead atoms. The van der Waals surface area contributed by atoms with E-state index in [2.05, 4.69) is 67.7 Å². The molecule has 0 aliphatic heterocycles. The first-order valence-electron chi connectivity index (χ1n) is 16.8. The smallest absolute Gasteiger partial charge is 0.120 e. The fraction of sp³-hybridized carbons (Fsp3) is 0.368. The minimum atomic E-state index is 0.748. The van der Waals surface area contributed by atoms with Crippen molar-refractivity contribution in [3.63, 3.8) is 0 Å². The number of hydrazine groups is 1.